The lowest BCUT2D eigenvalue weighted by Crippen LogP contribution is -2.49. The fraction of sp³-hybridized carbons (Fsp3) is 0.562. The Morgan fingerprint density at radius 2 is 2.29 bits per heavy atom. The molecule has 1 aromatic carbocycles. The summed E-state index contributed by atoms with van der Waals surface area (Å²) < 4.78 is 18.6. The van der Waals surface area contributed by atoms with Gasteiger partial charge in [0.15, 0.2) is 5.78 Å². The molecule has 2 saturated heterocycles. The molecular formula is C16H19ClFNO2. The number of Topliss-reactive ketones (excluding diaryl/α,β-unsaturated/α-hetero) is 1. The van der Waals surface area contributed by atoms with Gasteiger partial charge in [0.05, 0.1) is 5.02 Å². The fourth-order valence-electron chi connectivity index (χ4n) is 3.43. The van der Waals surface area contributed by atoms with Gasteiger partial charge in [-0.1, -0.05) is 11.6 Å². The molecule has 21 heavy (non-hydrogen) atoms. The Balaban J connectivity index is 1.49. The van der Waals surface area contributed by atoms with Crippen LogP contribution in [0.15, 0.2) is 18.2 Å². The molecule has 1 aliphatic carbocycles. The summed E-state index contributed by atoms with van der Waals surface area (Å²) in [5.74, 6) is 0.993. The van der Waals surface area contributed by atoms with Crippen LogP contribution in [0.25, 0.3) is 0 Å². The summed E-state index contributed by atoms with van der Waals surface area (Å²) in [6.45, 7) is 1.04. The molecule has 0 radical (unpaired) electrons. The molecule has 0 aromatic heterocycles. The Bertz CT molecular complexity index is 529. The molecular weight excluding hydrogens is 293 g/mol. The highest BCUT2D eigenvalue weighted by Gasteiger charge is 2.36. The molecule has 2 aliphatic heterocycles. The summed E-state index contributed by atoms with van der Waals surface area (Å²) in [5, 5.41) is 3.55. The molecule has 4 rings (SSSR count). The largest absolute Gasteiger partial charge is 0.486 e. The molecule has 2 bridgehead atoms. The van der Waals surface area contributed by atoms with Gasteiger partial charge < -0.3 is 10.1 Å². The highest BCUT2D eigenvalue weighted by Crippen LogP contribution is 2.36. The minimum absolute atomic E-state index is 0.00237. The van der Waals surface area contributed by atoms with Crippen molar-refractivity contribution in [3.8, 4) is 5.75 Å². The second-order valence-electron chi connectivity index (χ2n) is 6.05. The number of rotatable bonds is 5. The number of nitrogens with one attached hydrogen (secondary N) is 1. The molecule has 0 spiro atoms. The highest BCUT2D eigenvalue weighted by molar-refractivity contribution is 6.30. The first-order chi connectivity index (χ1) is 10.1. The molecule has 1 saturated carbocycles. The molecule has 3 aliphatic rings. The summed E-state index contributed by atoms with van der Waals surface area (Å²) >= 11 is 5.60. The topological polar surface area (TPSA) is 38.3 Å². The zero-order chi connectivity index (χ0) is 14.8. The number of halogens is 2. The van der Waals surface area contributed by atoms with Crippen molar-refractivity contribution in [1.82, 2.24) is 5.32 Å². The van der Waals surface area contributed by atoms with E-state index in [9.17, 15) is 9.18 Å². The van der Waals surface area contributed by atoms with Gasteiger partial charge in [0, 0.05) is 18.5 Å². The van der Waals surface area contributed by atoms with Crippen LogP contribution in [0.1, 0.15) is 25.7 Å². The van der Waals surface area contributed by atoms with Crippen LogP contribution < -0.4 is 10.1 Å². The standard InChI is InChI=1S/C16H19ClFNO2/c17-15-4-3-14(7-16(15)18)21-9-13(20)6-11-5-12-2-1-10(11)8-19-12/h3-4,7,10-12,19H,1-2,5-6,8-9H2. The first-order valence-electron chi connectivity index (χ1n) is 7.45. The smallest absolute Gasteiger partial charge is 0.170 e. The van der Waals surface area contributed by atoms with Crippen molar-refractivity contribution in [2.45, 2.75) is 31.7 Å². The Morgan fingerprint density at radius 3 is 2.90 bits per heavy atom. The van der Waals surface area contributed by atoms with E-state index in [2.05, 4.69) is 5.32 Å². The van der Waals surface area contributed by atoms with E-state index in [0.29, 0.717) is 30.0 Å². The number of piperidine rings is 2. The zero-order valence-electron chi connectivity index (χ0n) is 11.8. The zero-order valence-corrected chi connectivity index (χ0v) is 12.5. The second-order valence-corrected chi connectivity index (χ2v) is 6.45. The third-order valence-electron chi connectivity index (χ3n) is 4.59. The second kappa shape index (κ2) is 6.32. The Kier molecular flexibility index (Phi) is 4.45. The third kappa shape index (κ3) is 3.55. The Hall–Kier alpha value is -1.13. The van der Waals surface area contributed by atoms with Crippen LogP contribution in [-0.2, 0) is 4.79 Å². The Labute approximate surface area is 128 Å². The third-order valence-corrected chi connectivity index (χ3v) is 4.90. The quantitative estimate of drug-likeness (QED) is 0.907. The van der Waals surface area contributed by atoms with Crippen LogP contribution in [0, 0.1) is 17.7 Å². The van der Waals surface area contributed by atoms with E-state index in [1.165, 1.54) is 25.0 Å². The number of hydrogen-bond donors (Lipinski definition) is 1. The number of carbonyl (C=O) groups is 1. The molecule has 3 unspecified atom stereocenters. The number of ether oxygens (including phenoxy) is 1. The maximum Gasteiger partial charge on any atom is 0.170 e. The molecule has 5 heteroatoms. The van der Waals surface area contributed by atoms with E-state index in [4.69, 9.17) is 16.3 Å². The van der Waals surface area contributed by atoms with Crippen LogP contribution in [-0.4, -0.2) is 25.0 Å². The van der Waals surface area contributed by atoms with E-state index < -0.39 is 5.82 Å². The van der Waals surface area contributed by atoms with Crippen LogP contribution in [0.5, 0.6) is 5.75 Å². The number of ketones is 1. The number of carbonyl (C=O) groups excluding carboxylic acids is 1. The van der Waals surface area contributed by atoms with Crippen molar-refractivity contribution >= 4 is 17.4 Å². The van der Waals surface area contributed by atoms with Gasteiger partial charge >= 0.3 is 0 Å². The monoisotopic (exact) mass is 311 g/mol. The van der Waals surface area contributed by atoms with Gasteiger partial charge in [0.25, 0.3) is 0 Å². The maximum absolute atomic E-state index is 13.3. The summed E-state index contributed by atoms with van der Waals surface area (Å²) in [7, 11) is 0. The van der Waals surface area contributed by atoms with E-state index in [-0.39, 0.29) is 17.4 Å². The van der Waals surface area contributed by atoms with Gasteiger partial charge in [-0.3, -0.25) is 4.79 Å². The average molecular weight is 312 g/mol. The fourth-order valence-corrected chi connectivity index (χ4v) is 3.55. The van der Waals surface area contributed by atoms with Gasteiger partial charge in [-0.25, -0.2) is 4.39 Å². The van der Waals surface area contributed by atoms with Crippen LogP contribution >= 0.6 is 11.6 Å². The summed E-state index contributed by atoms with van der Waals surface area (Å²) in [6.07, 6.45) is 4.11. The predicted octanol–water partition coefficient (Wildman–Crippen LogP) is 3.21. The minimum atomic E-state index is -0.530. The van der Waals surface area contributed by atoms with E-state index >= 15 is 0 Å². The molecule has 114 valence electrons. The molecule has 2 heterocycles. The molecule has 1 aromatic rings. The van der Waals surface area contributed by atoms with Crippen molar-refractivity contribution < 1.29 is 13.9 Å². The predicted molar refractivity (Wildman–Crippen MR) is 79.2 cm³/mol. The van der Waals surface area contributed by atoms with Crippen LogP contribution in [0.3, 0.4) is 0 Å². The molecule has 1 N–H and O–H groups in total. The van der Waals surface area contributed by atoms with Crippen molar-refractivity contribution in [3.63, 3.8) is 0 Å². The molecule has 0 amide bonds. The first kappa shape index (κ1) is 14.8. The SMILES string of the molecule is O=C(COc1ccc(Cl)c(F)c1)CC1CC2CCC1CN2. The molecule has 3 nitrogen and oxygen atoms in total. The normalized spacial score (nSPS) is 27.6. The van der Waals surface area contributed by atoms with Crippen molar-refractivity contribution in [2.75, 3.05) is 13.2 Å². The number of benzene rings is 1. The average Bonchev–Trinajstić information content (AvgIpc) is 2.50. The van der Waals surface area contributed by atoms with Crippen molar-refractivity contribution in [1.29, 1.82) is 0 Å². The highest BCUT2D eigenvalue weighted by atomic mass is 35.5. The summed E-state index contributed by atoms with van der Waals surface area (Å²) in [5.41, 5.74) is 0. The van der Waals surface area contributed by atoms with Gasteiger partial charge in [-0.2, -0.15) is 0 Å². The van der Waals surface area contributed by atoms with Gasteiger partial charge in [0.2, 0.25) is 0 Å². The lowest BCUT2D eigenvalue weighted by atomic mass is 9.71. The lowest BCUT2D eigenvalue weighted by Gasteiger charge is -2.43. The van der Waals surface area contributed by atoms with Crippen LogP contribution in [0.4, 0.5) is 4.39 Å². The maximum atomic E-state index is 13.3. The van der Waals surface area contributed by atoms with E-state index in [1.54, 1.807) is 6.07 Å². The van der Waals surface area contributed by atoms with Crippen LogP contribution in [0.2, 0.25) is 5.02 Å². The summed E-state index contributed by atoms with van der Waals surface area (Å²) in [6, 6.07) is 4.80. The lowest BCUT2D eigenvalue weighted by molar-refractivity contribution is -0.123. The summed E-state index contributed by atoms with van der Waals surface area (Å²) in [4.78, 5) is 12.0. The number of hydrogen-bond acceptors (Lipinski definition) is 3. The van der Waals surface area contributed by atoms with Crippen molar-refractivity contribution in [3.05, 3.63) is 29.0 Å². The molecule has 3 atom stereocenters. The van der Waals surface area contributed by atoms with Gasteiger partial charge in [-0.05, 0) is 49.8 Å². The Morgan fingerprint density at radius 1 is 1.43 bits per heavy atom. The molecule has 3 fully saturated rings. The first-order valence-corrected chi connectivity index (χ1v) is 7.82. The van der Waals surface area contributed by atoms with Crippen molar-refractivity contribution in [2.24, 2.45) is 11.8 Å². The van der Waals surface area contributed by atoms with E-state index in [1.807, 2.05) is 0 Å². The number of fused-ring (bicyclic) bond motifs is 3. The van der Waals surface area contributed by atoms with E-state index in [0.717, 1.165) is 13.0 Å². The van der Waals surface area contributed by atoms with Gasteiger partial charge in [-0.15, -0.1) is 0 Å². The minimum Gasteiger partial charge on any atom is -0.486 e. The van der Waals surface area contributed by atoms with Gasteiger partial charge in [0.1, 0.15) is 18.2 Å².